The maximum Gasteiger partial charge on any atom is 0.311 e. The van der Waals surface area contributed by atoms with Gasteiger partial charge in [0.1, 0.15) is 0 Å². The summed E-state index contributed by atoms with van der Waals surface area (Å²) in [5, 5.41) is 0. The third-order valence-corrected chi connectivity index (χ3v) is 5.74. The molecule has 0 N–H and O–H groups in total. The number of carbonyl (C=O) groups is 2. The fourth-order valence-electron chi connectivity index (χ4n) is 2.66. The average Bonchev–Trinajstić information content (AvgIpc) is 2.84. The number of aryl methyl sites for hydroxylation is 1. The Kier molecular flexibility index (Phi) is 4.55. The van der Waals surface area contributed by atoms with Crippen LogP contribution in [0.5, 0.6) is 0 Å². The van der Waals surface area contributed by atoms with Gasteiger partial charge >= 0.3 is 5.97 Å². The Morgan fingerprint density at radius 1 is 1.32 bits per heavy atom. The Morgan fingerprint density at radius 2 is 1.91 bits per heavy atom. The van der Waals surface area contributed by atoms with Crippen molar-refractivity contribution in [3.05, 3.63) is 29.8 Å². The Labute approximate surface area is 130 Å². The predicted octanol–water partition coefficient (Wildman–Crippen LogP) is 1.34. The van der Waals surface area contributed by atoms with Gasteiger partial charge in [-0.1, -0.05) is 24.6 Å². The number of hydrogen-bond acceptors (Lipinski definition) is 5. The monoisotopic (exact) mass is 325 g/mol. The van der Waals surface area contributed by atoms with Crippen molar-refractivity contribution in [3.63, 3.8) is 0 Å². The van der Waals surface area contributed by atoms with E-state index in [1.54, 1.807) is 19.1 Å². The van der Waals surface area contributed by atoms with E-state index in [2.05, 4.69) is 4.74 Å². The van der Waals surface area contributed by atoms with Crippen molar-refractivity contribution < 1.29 is 22.7 Å². The molecule has 1 fully saturated rings. The van der Waals surface area contributed by atoms with Crippen LogP contribution in [0.1, 0.15) is 18.9 Å². The van der Waals surface area contributed by atoms with Crippen molar-refractivity contribution in [2.45, 2.75) is 25.2 Å². The van der Waals surface area contributed by atoms with Crippen molar-refractivity contribution in [3.8, 4) is 0 Å². The first-order valence-electron chi connectivity index (χ1n) is 7.04. The van der Waals surface area contributed by atoms with E-state index in [1.165, 1.54) is 19.2 Å². The van der Waals surface area contributed by atoms with Crippen molar-refractivity contribution in [2.75, 3.05) is 13.7 Å². The zero-order valence-electron chi connectivity index (χ0n) is 12.8. The first kappa shape index (κ1) is 16.5. The van der Waals surface area contributed by atoms with Gasteiger partial charge in [0.15, 0.2) is 0 Å². The minimum atomic E-state index is -3.95. The molecule has 0 aliphatic carbocycles. The summed E-state index contributed by atoms with van der Waals surface area (Å²) in [6, 6.07) is 6.26. The molecule has 0 aromatic heterocycles. The fraction of sp³-hybridized carbons (Fsp3) is 0.467. The number of carbonyl (C=O) groups excluding carboxylic acids is 2. The van der Waals surface area contributed by atoms with Crippen LogP contribution in [0.15, 0.2) is 29.2 Å². The molecule has 120 valence electrons. The Hall–Kier alpha value is -1.89. The predicted molar refractivity (Wildman–Crippen MR) is 79.4 cm³/mol. The highest BCUT2D eigenvalue weighted by atomic mass is 32.2. The fourth-order valence-corrected chi connectivity index (χ4v) is 4.12. The van der Waals surface area contributed by atoms with E-state index in [4.69, 9.17) is 0 Å². The van der Waals surface area contributed by atoms with E-state index < -0.39 is 33.7 Å². The number of sulfonamides is 1. The molecule has 2 rings (SSSR count). The van der Waals surface area contributed by atoms with Crippen LogP contribution in [0.25, 0.3) is 0 Å². The summed E-state index contributed by atoms with van der Waals surface area (Å²) in [4.78, 5) is 24.2. The Balaban J connectivity index is 2.37. The number of esters is 1. The van der Waals surface area contributed by atoms with Crippen LogP contribution >= 0.6 is 0 Å². The van der Waals surface area contributed by atoms with Gasteiger partial charge in [0, 0.05) is 0 Å². The quantitative estimate of drug-likeness (QED) is 0.780. The molecule has 1 heterocycles. The summed E-state index contributed by atoms with van der Waals surface area (Å²) in [7, 11) is -2.71. The van der Waals surface area contributed by atoms with Crippen molar-refractivity contribution in [2.24, 2.45) is 11.8 Å². The number of ether oxygens (including phenoxy) is 1. The van der Waals surface area contributed by atoms with Gasteiger partial charge in [-0.25, -0.2) is 12.7 Å². The van der Waals surface area contributed by atoms with Gasteiger partial charge in [-0.05, 0) is 25.5 Å². The minimum absolute atomic E-state index is 0.0480. The second kappa shape index (κ2) is 6.08. The van der Waals surface area contributed by atoms with Crippen LogP contribution in [0, 0.1) is 18.8 Å². The molecule has 1 aliphatic heterocycles. The van der Waals surface area contributed by atoms with E-state index in [0.717, 1.165) is 9.87 Å². The van der Waals surface area contributed by atoms with E-state index in [1.807, 2.05) is 6.92 Å². The van der Waals surface area contributed by atoms with Gasteiger partial charge in [-0.3, -0.25) is 9.59 Å². The summed E-state index contributed by atoms with van der Waals surface area (Å²) in [6.07, 6.45) is 0.387. The highest BCUT2D eigenvalue weighted by Crippen LogP contribution is 2.32. The molecule has 7 heteroatoms. The van der Waals surface area contributed by atoms with Gasteiger partial charge in [0.2, 0.25) is 5.91 Å². The highest BCUT2D eigenvalue weighted by Gasteiger charge is 2.48. The molecule has 6 nitrogen and oxygen atoms in total. The molecule has 0 bridgehead atoms. The average molecular weight is 325 g/mol. The first-order valence-corrected chi connectivity index (χ1v) is 8.48. The minimum Gasteiger partial charge on any atom is -0.469 e. The van der Waals surface area contributed by atoms with Gasteiger partial charge in [0.05, 0.1) is 30.4 Å². The largest absolute Gasteiger partial charge is 0.469 e. The van der Waals surface area contributed by atoms with Gasteiger partial charge in [-0.2, -0.15) is 0 Å². The lowest BCUT2D eigenvalue weighted by Gasteiger charge is -2.17. The second-order valence-electron chi connectivity index (χ2n) is 5.33. The van der Waals surface area contributed by atoms with E-state index in [-0.39, 0.29) is 11.4 Å². The normalized spacial score (nSPS) is 22.0. The summed E-state index contributed by atoms with van der Waals surface area (Å²) < 4.78 is 30.7. The van der Waals surface area contributed by atoms with Crippen LogP contribution in [0.3, 0.4) is 0 Å². The molecule has 22 heavy (non-hydrogen) atoms. The second-order valence-corrected chi connectivity index (χ2v) is 7.19. The first-order chi connectivity index (χ1) is 10.3. The van der Waals surface area contributed by atoms with Crippen LogP contribution in [0.4, 0.5) is 0 Å². The molecule has 0 unspecified atom stereocenters. The molecule has 1 amide bonds. The number of rotatable bonds is 4. The van der Waals surface area contributed by atoms with Crippen molar-refractivity contribution in [1.82, 2.24) is 4.31 Å². The summed E-state index contributed by atoms with van der Waals surface area (Å²) in [5.74, 6) is -2.50. The lowest BCUT2D eigenvalue weighted by atomic mass is 9.93. The molecular formula is C15H19NO5S. The Bertz CT molecular complexity index is 680. The number of amides is 1. The van der Waals surface area contributed by atoms with Gasteiger partial charge in [-0.15, -0.1) is 0 Å². The molecule has 0 radical (unpaired) electrons. The molecule has 1 aliphatic rings. The van der Waals surface area contributed by atoms with Crippen LogP contribution < -0.4 is 0 Å². The molecular weight excluding hydrogens is 306 g/mol. The maximum absolute atomic E-state index is 12.6. The molecule has 1 saturated heterocycles. The number of benzene rings is 1. The molecule has 2 atom stereocenters. The molecule has 1 aromatic carbocycles. The summed E-state index contributed by atoms with van der Waals surface area (Å²) >= 11 is 0. The van der Waals surface area contributed by atoms with Crippen LogP contribution in [-0.4, -0.2) is 38.3 Å². The number of methoxy groups -OCH3 is 1. The van der Waals surface area contributed by atoms with Crippen LogP contribution in [0.2, 0.25) is 0 Å². The Morgan fingerprint density at radius 3 is 2.41 bits per heavy atom. The summed E-state index contributed by atoms with van der Waals surface area (Å²) in [5.41, 5.74) is 0.922. The molecule has 1 aromatic rings. The van der Waals surface area contributed by atoms with E-state index in [0.29, 0.717) is 6.42 Å². The van der Waals surface area contributed by atoms with Crippen LogP contribution in [-0.2, 0) is 24.3 Å². The van der Waals surface area contributed by atoms with Gasteiger partial charge < -0.3 is 4.74 Å². The lowest BCUT2D eigenvalue weighted by Crippen LogP contribution is -2.33. The van der Waals surface area contributed by atoms with Crippen molar-refractivity contribution in [1.29, 1.82) is 0 Å². The van der Waals surface area contributed by atoms with E-state index in [9.17, 15) is 18.0 Å². The standard InChI is InChI=1S/C15H19NO5S/c1-4-12-13(15(18)21-3)9-16(14(12)17)22(19,20)11-7-5-10(2)6-8-11/h5-8,12-13H,4,9H2,1-3H3/t12-,13-/m0/s1. The molecule has 0 saturated carbocycles. The zero-order chi connectivity index (χ0) is 16.5. The van der Waals surface area contributed by atoms with E-state index >= 15 is 0 Å². The molecule has 0 spiro atoms. The third kappa shape index (κ3) is 2.72. The van der Waals surface area contributed by atoms with Gasteiger partial charge in [0.25, 0.3) is 10.0 Å². The topological polar surface area (TPSA) is 80.8 Å². The summed E-state index contributed by atoms with van der Waals surface area (Å²) in [6.45, 7) is 3.43. The number of nitrogens with zero attached hydrogens (tertiary/aromatic N) is 1. The number of hydrogen-bond donors (Lipinski definition) is 0. The van der Waals surface area contributed by atoms with Crippen molar-refractivity contribution >= 4 is 21.9 Å². The smallest absolute Gasteiger partial charge is 0.311 e. The SMILES string of the molecule is CC[C@@H]1C(=O)N(S(=O)(=O)c2ccc(C)cc2)C[C@@H]1C(=O)OC. The zero-order valence-corrected chi connectivity index (χ0v) is 13.6. The third-order valence-electron chi connectivity index (χ3n) is 3.96. The highest BCUT2D eigenvalue weighted by molar-refractivity contribution is 7.89. The maximum atomic E-state index is 12.6. The lowest BCUT2D eigenvalue weighted by molar-refractivity contribution is -0.147.